The predicted octanol–water partition coefficient (Wildman–Crippen LogP) is 3.34. The summed E-state index contributed by atoms with van der Waals surface area (Å²) in [5.74, 6) is -1.02. The quantitative estimate of drug-likeness (QED) is 0.751. The van der Waals surface area contributed by atoms with Gasteiger partial charge in [-0.2, -0.15) is 0 Å². The van der Waals surface area contributed by atoms with Gasteiger partial charge in [0, 0.05) is 14.7 Å². The summed E-state index contributed by atoms with van der Waals surface area (Å²) in [5.41, 5.74) is 0.285. The Morgan fingerprint density at radius 1 is 1.52 bits per heavy atom. The molecule has 0 aromatic carbocycles. The molecule has 0 saturated heterocycles. The first kappa shape index (κ1) is 14.4. The highest BCUT2D eigenvalue weighted by Crippen LogP contribution is 2.27. The van der Waals surface area contributed by atoms with E-state index >= 15 is 0 Å². The number of nitrogens with zero attached hydrogens (tertiary/aromatic N) is 2. The number of aryl methyl sites for hydroxylation is 1. The Labute approximate surface area is 135 Å². The van der Waals surface area contributed by atoms with Gasteiger partial charge in [0.25, 0.3) is 5.56 Å². The van der Waals surface area contributed by atoms with E-state index in [2.05, 4.69) is 20.9 Å². The van der Waals surface area contributed by atoms with Crippen molar-refractivity contribution >= 4 is 54.8 Å². The number of hydrogen-bond acceptors (Lipinski definition) is 5. The lowest BCUT2D eigenvalue weighted by Crippen LogP contribution is -2.20. The van der Waals surface area contributed by atoms with Gasteiger partial charge in [-0.05, 0) is 34.5 Å². The summed E-state index contributed by atoms with van der Waals surface area (Å²) < 4.78 is 2.48. The van der Waals surface area contributed by atoms with Gasteiger partial charge in [-0.1, -0.05) is 0 Å². The normalized spacial score (nSPS) is 11.1. The van der Waals surface area contributed by atoms with E-state index in [9.17, 15) is 9.59 Å². The summed E-state index contributed by atoms with van der Waals surface area (Å²) in [6.07, 6.45) is 1.47. The van der Waals surface area contributed by atoms with Crippen LogP contribution in [0.2, 0.25) is 0 Å². The second-order valence-electron chi connectivity index (χ2n) is 4.45. The SMILES string of the molecule is Cc1c(C(=O)O)sc2ncn(Cc3cc(Br)cs3)c(=O)c12. The van der Waals surface area contributed by atoms with E-state index < -0.39 is 5.97 Å². The summed E-state index contributed by atoms with van der Waals surface area (Å²) in [5, 5.41) is 11.5. The lowest BCUT2D eigenvalue weighted by atomic mass is 10.2. The average molecular weight is 385 g/mol. The first-order valence-corrected chi connectivity index (χ1v) is 8.41. The third-order valence-corrected chi connectivity index (χ3v) is 5.93. The van der Waals surface area contributed by atoms with Crippen molar-refractivity contribution in [1.29, 1.82) is 0 Å². The van der Waals surface area contributed by atoms with Crippen molar-refractivity contribution in [3.05, 3.63) is 47.9 Å². The molecule has 0 atom stereocenters. The summed E-state index contributed by atoms with van der Waals surface area (Å²) >= 11 is 5.96. The fraction of sp³-hybridized carbons (Fsp3) is 0.154. The molecule has 0 saturated carbocycles. The molecular formula is C13H9BrN2O3S2. The highest BCUT2D eigenvalue weighted by Gasteiger charge is 2.18. The van der Waals surface area contributed by atoms with Crippen LogP contribution in [0.5, 0.6) is 0 Å². The van der Waals surface area contributed by atoms with Gasteiger partial charge < -0.3 is 5.11 Å². The van der Waals surface area contributed by atoms with Crippen LogP contribution in [-0.2, 0) is 6.54 Å². The van der Waals surface area contributed by atoms with Gasteiger partial charge in [0.2, 0.25) is 0 Å². The molecule has 0 bridgehead atoms. The second kappa shape index (κ2) is 5.36. The number of aromatic nitrogens is 2. The minimum Gasteiger partial charge on any atom is -0.477 e. The smallest absolute Gasteiger partial charge is 0.346 e. The topological polar surface area (TPSA) is 72.2 Å². The van der Waals surface area contributed by atoms with Crippen LogP contribution in [0.25, 0.3) is 10.2 Å². The first-order valence-electron chi connectivity index (χ1n) is 5.92. The van der Waals surface area contributed by atoms with Gasteiger partial charge in [0.1, 0.15) is 9.71 Å². The largest absolute Gasteiger partial charge is 0.477 e. The minimum absolute atomic E-state index is 0.172. The maximum absolute atomic E-state index is 12.5. The monoisotopic (exact) mass is 384 g/mol. The molecule has 108 valence electrons. The Kier molecular flexibility index (Phi) is 3.68. The van der Waals surface area contributed by atoms with E-state index in [1.807, 2.05) is 11.4 Å². The van der Waals surface area contributed by atoms with Gasteiger partial charge in [0.05, 0.1) is 18.3 Å². The van der Waals surface area contributed by atoms with Crippen molar-refractivity contribution in [3.8, 4) is 0 Å². The zero-order valence-corrected chi connectivity index (χ0v) is 14.0. The van der Waals surface area contributed by atoms with Gasteiger partial charge in [-0.3, -0.25) is 9.36 Å². The number of hydrogen-bond donors (Lipinski definition) is 1. The number of thiophene rings is 2. The summed E-state index contributed by atoms with van der Waals surface area (Å²) in [4.78, 5) is 29.6. The third kappa shape index (κ3) is 2.54. The Morgan fingerprint density at radius 3 is 2.90 bits per heavy atom. The van der Waals surface area contributed by atoms with Crippen molar-refractivity contribution in [2.75, 3.05) is 0 Å². The number of carboxylic acid groups (broad SMARTS) is 1. The molecule has 0 spiro atoms. The number of fused-ring (bicyclic) bond motifs is 1. The molecule has 0 radical (unpaired) electrons. The maximum Gasteiger partial charge on any atom is 0.346 e. The fourth-order valence-corrected chi connectivity index (χ4v) is 4.51. The van der Waals surface area contributed by atoms with Gasteiger partial charge >= 0.3 is 5.97 Å². The zero-order chi connectivity index (χ0) is 15.1. The van der Waals surface area contributed by atoms with E-state index in [0.29, 0.717) is 22.3 Å². The molecule has 5 nitrogen and oxygen atoms in total. The molecule has 1 N–H and O–H groups in total. The minimum atomic E-state index is -1.02. The zero-order valence-electron chi connectivity index (χ0n) is 10.8. The Morgan fingerprint density at radius 2 is 2.29 bits per heavy atom. The van der Waals surface area contributed by atoms with Crippen LogP contribution < -0.4 is 5.56 Å². The van der Waals surface area contributed by atoms with Crippen molar-refractivity contribution in [1.82, 2.24) is 9.55 Å². The van der Waals surface area contributed by atoms with Gasteiger partial charge in [-0.15, -0.1) is 22.7 Å². The summed E-state index contributed by atoms with van der Waals surface area (Å²) in [6, 6.07) is 1.95. The van der Waals surface area contributed by atoms with E-state index in [-0.39, 0.29) is 10.4 Å². The molecule has 0 unspecified atom stereocenters. The fourth-order valence-electron chi connectivity index (χ4n) is 2.08. The number of halogens is 1. The molecule has 0 aliphatic carbocycles. The molecule has 3 rings (SSSR count). The van der Waals surface area contributed by atoms with Crippen LogP contribution in [0.15, 0.2) is 27.0 Å². The van der Waals surface area contributed by atoms with Crippen LogP contribution in [0, 0.1) is 6.92 Å². The van der Waals surface area contributed by atoms with Crippen molar-refractivity contribution in [2.24, 2.45) is 0 Å². The van der Waals surface area contributed by atoms with E-state index in [4.69, 9.17) is 5.11 Å². The molecule has 3 aromatic heterocycles. The predicted molar refractivity (Wildman–Crippen MR) is 86.7 cm³/mol. The molecule has 3 aromatic rings. The lowest BCUT2D eigenvalue weighted by molar-refractivity contribution is 0.0701. The first-order chi connectivity index (χ1) is 9.97. The molecule has 0 aliphatic heterocycles. The summed E-state index contributed by atoms with van der Waals surface area (Å²) in [6.45, 7) is 2.08. The van der Waals surface area contributed by atoms with Gasteiger partial charge in [-0.25, -0.2) is 9.78 Å². The van der Waals surface area contributed by atoms with Crippen LogP contribution in [-0.4, -0.2) is 20.6 Å². The van der Waals surface area contributed by atoms with Gasteiger partial charge in [0.15, 0.2) is 0 Å². The highest BCUT2D eigenvalue weighted by molar-refractivity contribution is 9.10. The molecule has 0 fully saturated rings. The number of aromatic carboxylic acids is 1. The van der Waals surface area contributed by atoms with Crippen LogP contribution in [0.1, 0.15) is 20.1 Å². The summed E-state index contributed by atoms with van der Waals surface area (Å²) in [7, 11) is 0. The van der Waals surface area contributed by atoms with Crippen molar-refractivity contribution < 1.29 is 9.90 Å². The molecular weight excluding hydrogens is 376 g/mol. The standard InChI is InChI=1S/C13H9BrN2O3S2/c1-6-9-11(21-10(6)13(18)19)15-5-16(12(9)17)3-8-2-7(14)4-20-8/h2,4-5H,3H2,1H3,(H,18,19). The van der Waals surface area contributed by atoms with E-state index in [0.717, 1.165) is 20.7 Å². The molecule has 0 amide bonds. The number of carbonyl (C=O) groups is 1. The average Bonchev–Trinajstić information content (AvgIpc) is 2.97. The second-order valence-corrected chi connectivity index (χ2v) is 7.36. The van der Waals surface area contributed by atoms with Crippen molar-refractivity contribution in [2.45, 2.75) is 13.5 Å². The molecule has 0 aliphatic rings. The number of rotatable bonds is 3. The van der Waals surface area contributed by atoms with Crippen LogP contribution in [0.4, 0.5) is 0 Å². The van der Waals surface area contributed by atoms with E-state index in [1.54, 1.807) is 18.3 Å². The molecule has 3 heterocycles. The number of carboxylic acids is 1. The van der Waals surface area contributed by atoms with E-state index in [1.165, 1.54) is 10.9 Å². The highest BCUT2D eigenvalue weighted by atomic mass is 79.9. The van der Waals surface area contributed by atoms with Crippen molar-refractivity contribution in [3.63, 3.8) is 0 Å². The molecule has 21 heavy (non-hydrogen) atoms. The Hall–Kier alpha value is -1.51. The Bertz CT molecular complexity index is 910. The van der Waals surface area contributed by atoms with Crippen LogP contribution >= 0.6 is 38.6 Å². The lowest BCUT2D eigenvalue weighted by Gasteiger charge is -2.03. The third-order valence-electron chi connectivity index (χ3n) is 3.06. The Balaban J connectivity index is 2.13. The van der Waals surface area contributed by atoms with Crippen LogP contribution in [0.3, 0.4) is 0 Å². The maximum atomic E-state index is 12.5. The molecule has 8 heteroatoms.